The molecule has 0 saturated heterocycles. The highest BCUT2D eigenvalue weighted by Crippen LogP contribution is 2.33. The van der Waals surface area contributed by atoms with E-state index < -0.39 is 0 Å². The van der Waals surface area contributed by atoms with Gasteiger partial charge in [0.15, 0.2) is 17.1 Å². The molecule has 0 N–H and O–H groups in total. The number of hydrogen-bond donors (Lipinski definition) is 0. The lowest BCUT2D eigenvalue weighted by atomic mass is 10.0. The number of fused-ring (bicyclic) bond motifs is 3. The summed E-state index contributed by atoms with van der Waals surface area (Å²) in [7, 11) is 0. The monoisotopic (exact) mass is 418 g/mol. The van der Waals surface area contributed by atoms with E-state index in [-0.39, 0.29) is 6.79 Å². The number of ether oxygens (including phenoxy) is 2. The number of aromatic nitrogens is 1. The molecule has 4 aromatic carbocycles. The molecule has 0 radical (unpaired) electrons. The summed E-state index contributed by atoms with van der Waals surface area (Å²) in [5.74, 6) is 2.16. The van der Waals surface area contributed by atoms with E-state index in [1.807, 2.05) is 72.8 Å². The lowest BCUT2D eigenvalue weighted by Gasteiger charge is -2.01. The molecule has 1 aliphatic rings. The Hall–Kier alpha value is -4.38. The highest BCUT2D eigenvalue weighted by atomic mass is 16.7. The van der Waals surface area contributed by atoms with Gasteiger partial charge in [-0.1, -0.05) is 48.5 Å². The molecule has 0 spiro atoms. The Kier molecular flexibility index (Phi) is 4.43. The Bertz CT molecular complexity index is 1510. The minimum Gasteiger partial charge on any atom is -0.454 e. The Morgan fingerprint density at radius 2 is 1.75 bits per heavy atom. The molecular formula is C27H18N2O3. The van der Waals surface area contributed by atoms with Crippen molar-refractivity contribution in [2.45, 2.75) is 0 Å². The van der Waals surface area contributed by atoms with E-state index in [0.717, 1.165) is 50.2 Å². The summed E-state index contributed by atoms with van der Waals surface area (Å²) < 4.78 is 16.8. The molecule has 0 aliphatic carbocycles. The van der Waals surface area contributed by atoms with Crippen LogP contribution in [0.3, 0.4) is 0 Å². The molecule has 0 unspecified atom stereocenters. The van der Waals surface area contributed by atoms with Crippen molar-refractivity contribution in [1.29, 1.82) is 0 Å². The molecule has 5 aromatic rings. The fourth-order valence-corrected chi connectivity index (χ4v) is 3.82. The van der Waals surface area contributed by atoms with E-state index >= 15 is 0 Å². The van der Waals surface area contributed by atoms with Gasteiger partial charge < -0.3 is 13.9 Å². The molecule has 154 valence electrons. The maximum Gasteiger partial charge on any atom is 0.231 e. The lowest BCUT2D eigenvalue weighted by Crippen LogP contribution is -1.92. The second-order valence-electron chi connectivity index (χ2n) is 7.45. The third-order valence-corrected chi connectivity index (χ3v) is 5.39. The van der Waals surface area contributed by atoms with Gasteiger partial charge in [0, 0.05) is 11.8 Å². The van der Waals surface area contributed by atoms with Crippen molar-refractivity contribution in [3.05, 3.63) is 90.5 Å². The van der Waals surface area contributed by atoms with Crippen molar-refractivity contribution in [2.24, 2.45) is 4.99 Å². The van der Waals surface area contributed by atoms with E-state index in [4.69, 9.17) is 18.9 Å². The lowest BCUT2D eigenvalue weighted by molar-refractivity contribution is 0.174. The van der Waals surface area contributed by atoms with Crippen molar-refractivity contribution in [3.63, 3.8) is 0 Å². The van der Waals surface area contributed by atoms with Crippen LogP contribution < -0.4 is 9.47 Å². The van der Waals surface area contributed by atoms with Gasteiger partial charge in [-0.05, 0) is 58.8 Å². The summed E-state index contributed by atoms with van der Waals surface area (Å²) in [5.41, 5.74) is 4.33. The zero-order valence-corrected chi connectivity index (χ0v) is 17.1. The van der Waals surface area contributed by atoms with Crippen molar-refractivity contribution in [3.8, 4) is 23.0 Å². The van der Waals surface area contributed by atoms with Crippen molar-refractivity contribution < 1.29 is 13.9 Å². The van der Waals surface area contributed by atoms with Gasteiger partial charge in [-0.25, -0.2) is 4.98 Å². The van der Waals surface area contributed by atoms with Gasteiger partial charge >= 0.3 is 0 Å². The number of oxazole rings is 1. The van der Waals surface area contributed by atoms with Gasteiger partial charge in [-0.15, -0.1) is 0 Å². The van der Waals surface area contributed by atoms with Crippen LogP contribution in [0, 0.1) is 0 Å². The van der Waals surface area contributed by atoms with Gasteiger partial charge in [-0.3, -0.25) is 4.99 Å². The van der Waals surface area contributed by atoms with Crippen LogP contribution in [0.5, 0.6) is 11.5 Å². The van der Waals surface area contributed by atoms with Gasteiger partial charge in [0.2, 0.25) is 12.7 Å². The molecule has 0 atom stereocenters. The Morgan fingerprint density at radius 3 is 2.75 bits per heavy atom. The molecule has 0 fully saturated rings. The number of aliphatic imine (C=N–C) groups is 1. The van der Waals surface area contributed by atoms with Crippen LogP contribution in [0.2, 0.25) is 0 Å². The van der Waals surface area contributed by atoms with E-state index in [0.29, 0.717) is 5.89 Å². The average molecular weight is 418 g/mol. The largest absolute Gasteiger partial charge is 0.454 e. The second-order valence-corrected chi connectivity index (χ2v) is 7.45. The number of benzene rings is 4. The van der Waals surface area contributed by atoms with Crippen molar-refractivity contribution in [2.75, 3.05) is 6.79 Å². The smallest absolute Gasteiger partial charge is 0.231 e. The molecule has 6 rings (SSSR count). The fraction of sp³-hybridized carbons (Fsp3) is 0.0370. The molecule has 0 bridgehead atoms. The molecule has 32 heavy (non-hydrogen) atoms. The molecule has 1 aromatic heterocycles. The van der Waals surface area contributed by atoms with Crippen molar-refractivity contribution in [1.82, 2.24) is 4.98 Å². The van der Waals surface area contributed by atoms with E-state index in [1.54, 1.807) is 6.21 Å². The highest BCUT2D eigenvalue weighted by molar-refractivity contribution is 5.96. The number of hydrogen-bond acceptors (Lipinski definition) is 5. The Morgan fingerprint density at radius 1 is 0.844 bits per heavy atom. The van der Waals surface area contributed by atoms with Crippen molar-refractivity contribution >= 4 is 39.9 Å². The Balaban J connectivity index is 1.25. The SMILES string of the molecule is C(/C=C/c1ccc2c(c1)OCO2)=Nc1ccc2oc(-c3cccc4ccccc34)nc2c1. The quantitative estimate of drug-likeness (QED) is 0.301. The summed E-state index contributed by atoms with van der Waals surface area (Å²) in [6, 6.07) is 26.0. The second kappa shape index (κ2) is 7.71. The summed E-state index contributed by atoms with van der Waals surface area (Å²) in [6.45, 7) is 0.274. The zero-order chi connectivity index (χ0) is 21.3. The first-order chi connectivity index (χ1) is 15.8. The van der Waals surface area contributed by atoms with Crippen LogP contribution >= 0.6 is 0 Å². The predicted octanol–water partition coefficient (Wildman–Crippen LogP) is 6.79. The number of nitrogens with zero attached hydrogens (tertiary/aromatic N) is 2. The number of allylic oxidation sites excluding steroid dienone is 1. The summed E-state index contributed by atoms with van der Waals surface area (Å²) in [4.78, 5) is 9.24. The summed E-state index contributed by atoms with van der Waals surface area (Å²) >= 11 is 0. The van der Waals surface area contributed by atoms with E-state index in [2.05, 4.69) is 23.2 Å². The first-order valence-corrected chi connectivity index (χ1v) is 10.3. The Labute approximate surface area is 184 Å². The molecule has 0 amide bonds. The molecular weight excluding hydrogens is 400 g/mol. The summed E-state index contributed by atoms with van der Waals surface area (Å²) in [5, 5.41) is 2.28. The average Bonchev–Trinajstić information content (AvgIpc) is 3.47. The molecule has 2 heterocycles. The minimum absolute atomic E-state index is 0.274. The fourth-order valence-electron chi connectivity index (χ4n) is 3.82. The van der Waals surface area contributed by atoms with Gasteiger partial charge in [0.1, 0.15) is 5.52 Å². The van der Waals surface area contributed by atoms with Crippen LogP contribution in [0.15, 0.2) is 94.3 Å². The van der Waals surface area contributed by atoms with Crippen LogP contribution in [0.25, 0.3) is 39.4 Å². The maximum atomic E-state index is 6.04. The maximum absolute atomic E-state index is 6.04. The van der Waals surface area contributed by atoms with Crippen LogP contribution in [-0.2, 0) is 0 Å². The van der Waals surface area contributed by atoms with Gasteiger partial charge in [0.25, 0.3) is 0 Å². The predicted molar refractivity (Wildman–Crippen MR) is 127 cm³/mol. The van der Waals surface area contributed by atoms with Crippen LogP contribution in [0.1, 0.15) is 5.56 Å². The first-order valence-electron chi connectivity index (χ1n) is 10.3. The third-order valence-electron chi connectivity index (χ3n) is 5.39. The molecule has 5 nitrogen and oxygen atoms in total. The first kappa shape index (κ1) is 18.4. The number of rotatable bonds is 4. The highest BCUT2D eigenvalue weighted by Gasteiger charge is 2.13. The van der Waals surface area contributed by atoms with Gasteiger partial charge in [-0.2, -0.15) is 0 Å². The van der Waals surface area contributed by atoms with E-state index in [9.17, 15) is 0 Å². The normalized spacial score (nSPS) is 13.1. The van der Waals surface area contributed by atoms with Crippen LogP contribution in [0.4, 0.5) is 5.69 Å². The minimum atomic E-state index is 0.274. The van der Waals surface area contributed by atoms with E-state index in [1.165, 1.54) is 0 Å². The molecule has 0 saturated carbocycles. The van der Waals surface area contributed by atoms with Gasteiger partial charge in [0.05, 0.1) is 5.69 Å². The zero-order valence-electron chi connectivity index (χ0n) is 17.1. The summed E-state index contributed by atoms with van der Waals surface area (Å²) in [6.07, 6.45) is 5.63. The molecule has 5 heteroatoms. The topological polar surface area (TPSA) is 56.9 Å². The van der Waals surface area contributed by atoms with Crippen LogP contribution in [-0.4, -0.2) is 18.0 Å². The standard InChI is InChI=1S/C27H18N2O3/c1-2-8-21-19(6-1)7-3-9-22(21)27-29-23-16-20(11-13-24(23)32-27)28-14-4-5-18-10-12-25-26(15-18)31-17-30-25/h1-16H,17H2/b5-4+,28-14?. The molecule has 1 aliphatic heterocycles. The third kappa shape index (κ3) is 3.40.